The van der Waals surface area contributed by atoms with Crippen molar-refractivity contribution in [1.82, 2.24) is 10.3 Å². The summed E-state index contributed by atoms with van der Waals surface area (Å²) in [6, 6.07) is 4.66. The Kier molecular flexibility index (Phi) is 5.84. The monoisotopic (exact) mass is 275 g/mol. The van der Waals surface area contributed by atoms with Crippen molar-refractivity contribution in [3.05, 3.63) is 23.9 Å². The van der Waals surface area contributed by atoms with Gasteiger partial charge < -0.3 is 11.1 Å². The number of pyridine rings is 1. The fraction of sp³-hybridized carbons (Fsp3) is 0.706. The number of nitrogens with two attached hydrogens (primary N) is 1. The fourth-order valence-corrected chi connectivity index (χ4v) is 3.67. The summed E-state index contributed by atoms with van der Waals surface area (Å²) < 4.78 is 0. The quantitative estimate of drug-likeness (QED) is 0.836. The van der Waals surface area contributed by atoms with Crippen molar-refractivity contribution in [3.63, 3.8) is 0 Å². The Balaban J connectivity index is 1.89. The lowest BCUT2D eigenvalue weighted by molar-refractivity contribution is 0.217. The molecule has 0 amide bonds. The molecule has 0 aromatic carbocycles. The number of aromatic nitrogens is 1. The van der Waals surface area contributed by atoms with Crippen LogP contribution in [0.2, 0.25) is 0 Å². The fourth-order valence-electron chi connectivity index (χ4n) is 3.67. The Hall–Kier alpha value is -1.09. The number of nitrogens with zero attached hydrogens (tertiary/aromatic N) is 1. The van der Waals surface area contributed by atoms with E-state index in [1.165, 1.54) is 44.1 Å². The average molecular weight is 275 g/mol. The van der Waals surface area contributed by atoms with E-state index in [1.807, 2.05) is 12.3 Å². The number of nitrogens with one attached hydrogen (secondary N) is 1. The lowest BCUT2D eigenvalue weighted by atomic mass is 9.76. The van der Waals surface area contributed by atoms with E-state index < -0.39 is 0 Å². The van der Waals surface area contributed by atoms with Gasteiger partial charge in [-0.05, 0) is 55.8 Å². The molecule has 112 valence electrons. The predicted octanol–water partition coefficient (Wildman–Crippen LogP) is 3.40. The van der Waals surface area contributed by atoms with E-state index in [0.29, 0.717) is 11.9 Å². The minimum atomic E-state index is 0.569. The van der Waals surface area contributed by atoms with E-state index in [9.17, 15) is 0 Å². The van der Waals surface area contributed by atoms with Crippen LogP contribution in [0.3, 0.4) is 0 Å². The van der Waals surface area contributed by atoms with Crippen molar-refractivity contribution < 1.29 is 0 Å². The minimum absolute atomic E-state index is 0.569. The lowest BCUT2D eigenvalue weighted by Gasteiger charge is -2.34. The summed E-state index contributed by atoms with van der Waals surface area (Å²) >= 11 is 0. The molecule has 1 aromatic rings. The largest absolute Gasteiger partial charge is 0.384 e. The van der Waals surface area contributed by atoms with Gasteiger partial charge >= 0.3 is 0 Å². The number of rotatable bonds is 6. The predicted molar refractivity (Wildman–Crippen MR) is 85.6 cm³/mol. The molecule has 2 rings (SSSR count). The van der Waals surface area contributed by atoms with Crippen molar-refractivity contribution in [2.24, 2.45) is 11.8 Å². The van der Waals surface area contributed by atoms with Gasteiger partial charge in [-0.25, -0.2) is 4.98 Å². The van der Waals surface area contributed by atoms with Gasteiger partial charge in [0.05, 0.1) is 0 Å². The lowest BCUT2D eigenvalue weighted by Crippen LogP contribution is -2.37. The standard InChI is InChI=1S/C17H29N3/c1-3-4-13-5-7-15(8-6-13)16(19-2)11-14-9-10-20-17(18)12-14/h9-10,12-13,15-16,19H,3-8,11H2,1-2H3,(H2,18,20). The van der Waals surface area contributed by atoms with Crippen LogP contribution in [0.5, 0.6) is 0 Å². The van der Waals surface area contributed by atoms with Crippen LogP contribution in [0, 0.1) is 11.8 Å². The summed E-state index contributed by atoms with van der Waals surface area (Å²) in [6.07, 6.45) is 11.2. The van der Waals surface area contributed by atoms with E-state index in [2.05, 4.69) is 30.3 Å². The highest BCUT2D eigenvalue weighted by Gasteiger charge is 2.26. The molecule has 0 spiro atoms. The second-order valence-electron chi connectivity index (χ2n) is 6.26. The van der Waals surface area contributed by atoms with Crippen LogP contribution in [-0.2, 0) is 6.42 Å². The topological polar surface area (TPSA) is 50.9 Å². The van der Waals surface area contributed by atoms with Crippen LogP contribution < -0.4 is 11.1 Å². The Morgan fingerprint density at radius 3 is 2.70 bits per heavy atom. The van der Waals surface area contributed by atoms with Crippen LogP contribution in [-0.4, -0.2) is 18.1 Å². The zero-order valence-corrected chi connectivity index (χ0v) is 12.9. The highest BCUT2D eigenvalue weighted by molar-refractivity contribution is 5.32. The van der Waals surface area contributed by atoms with Gasteiger partial charge in [-0.15, -0.1) is 0 Å². The van der Waals surface area contributed by atoms with E-state index in [-0.39, 0.29) is 0 Å². The van der Waals surface area contributed by atoms with Gasteiger partial charge in [0.2, 0.25) is 0 Å². The maximum Gasteiger partial charge on any atom is 0.123 e. The maximum absolute atomic E-state index is 5.77. The molecule has 3 N–H and O–H groups in total. The van der Waals surface area contributed by atoms with Crippen LogP contribution >= 0.6 is 0 Å². The van der Waals surface area contributed by atoms with Crippen LogP contribution in [0.1, 0.15) is 51.0 Å². The molecule has 1 unspecified atom stereocenters. The highest BCUT2D eigenvalue weighted by Crippen LogP contribution is 2.34. The third-order valence-corrected chi connectivity index (χ3v) is 4.83. The van der Waals surface area contributed by atoms with Gasteiger partial charge in [-0.3, -0.25) is 0 Å². The molecule has 1 heterocycles. The second kappa shape index (κ2) is 7.63. The summed E-state index contributed by atoms with van der Waals surface area (Å²) in [5.41, 5.74) is 7.07. The molecule has 1 fully saturated rings. The zero-order valence-electron chi connectivity index (χ0n) is 12.9. The van der Waals surface area contributed by atoms with E-state index >= 15 is 0 Å². The van der Waals surface area contributed by atoms with Gasteiger partial charge in [-0.1, -0.05) is 32.6 Å². The van der Waals surface area contributed by atoms with Crippen molar-refractivity contribution >= 4 is 5.82 Å². The molecule has 1 saturated carbocycles. The van der Waals surface area contributed by atoms with Crippen molar-refractivity contribution in [1.29, 1.82) is 0 Å². The molecule has 20 heavy (non-hydrogen) atoms. The Bertz CT molecular complexity index is 397. The van der Waals surface area contributed by atoms with Crippen LogP contribution in [0.4, 0.5) is 5.82 Å². The molecule has 1 aromatic heterocycles. The first-order chi connectivity index (χ1) is 9.72. The minimum Gasteiger partial charge on any atom is -0.384 e. The van der Waals surface area contributed by atoms with Crippen LogP contribution in [0.25, 0.3) is 0 Å². The smallest absolute Gasteiger partial charge is 0.123 e. The van der Waals surface area contributed by atoms with Crippen molar-refractivity contribution in [3.8, 4) is 0 Å². The number of likely N-dealkylation sites (N-methyl/N-ethyl adjacent to an activating group) is 1. The summed E-state index contributed by atoms with van der Waals surface area (Å²) in [6.45, 7) is 2.30. The molecule has 3 nitrogen and oxygen atoms in total. The number of hydrogen-bond acceptors (Lipinski definition) is 3. The van der Waals surface area contributed by atoms with E-state index in [0.717, 1.165) is 18.3 Å². The number of hydrogen-bond donors (Lipinski definition) is 2. The Morgan fingerprint density at radius 1 is 1.35 bits per heavy atom. The third-order valence-electron chi connectivity index (χ3n) is 4.83. The first-order valence-electron chi connectivity index (χ1n) is 8.10. The van der Waals surface area contributed by atoms with Gasteiger partial charge in [0.1, 0.15) is 5.82 Å². The highest BCUT2D eigenvalue weighted by atomic mass is 14.9. The maximum atomic E-state index is 5.77. The molecule has 1 atom stereocenters. The van der Waals surface area contributed by atoms with Gasteiger partial charge in [0, 0.05) is 12.2 Å². The molecule has 0 radical (unpaired) electrons. The molecule has 0 bridgehead atoms. The summed E-state index contributed by atoms with van der Waals surface area (Å²) in [7, 11) is 2.09. The summed E-state index contributed by atoms with van der Waals surface area (Å²) in [5.74, 6) is 2.41. The van der Waals surface area contributed by atoms with Crippen molar-refractivity contribution in [2.45, 2.75) is 57.9 Å². The zero-order chi connectivity index (χ0) is 14.4. The third kappa shape index (κ3) is 4.20. The van der Waals surface area contributed by atoms with E-state index in [1.54, 1.807) is 0 Å². The first kappa shape index (κ1) is 15.3. The SMILES string of the molecule is CCCC1CCC(C(Cc2ccnc(N)c2)NC)CC1. The van der Waals surface area contributed by atoms with Crippen LogP contribution in [0.15, 0.2) is 18.3 Å². The van der Waals surface area contributed by atoms with Crippen molar-refractivity contribution in [2.75, 3.05) is 12.8 Å². The van der Waals surface area contributed by atoms with E-state index in [4.69, 9.17) is 5.73 Å². The normalized spacial score (nSPS) is 24.5. The molecular weight excluding hydrogens is 246 g/mol. The molecule has 1 aliphatic carbocycles. The Morgan fingerprint density at radius 2 is 2.10 bits per heavy atom. The molecule has 0 aliphatic heterocycles. The Labute approximate surface area is 123 Å². The van der Waals surface area contributed by atoms with Gasteiger partial charge in [0.25, 0.3) is 0 Å². The number of anilines is 1. The van der Waals surface area contributed by atoms with Gasteiger partial charge in [-0.2, -0.15) is 0 Å². The average Bonchev–Trinajstić information content (AvgIpc) is 2.46. The summed E-state index contributed by atoms with van der Waals surface area (Å²) in [5, 5.41) is 3.53. The first-order valence-corrected chi connectivity index (χ1v) is 8.10. The van der Waals surface area contributed by atoms with Gasteiger partial charge in [0.15, 0.2) is 0 Å². The molecule has 1 aliphatic rings. The second-order valence-corrected chi connectivity index (χ2v) is 6.26. The molecule has 3 heteroatoms. The molecule has 0 saturated heterocycles. The number of nitrogen functional groups attached to an aromatic ring is 1. The molecular formula is C17H29N3. The summed E-state index contributed by atoms with van der Waals surface area (Å²) in [4.78, 5) is 4.07.